The van der Waals surface area contributed by atoms with Crippen LogP contribution in [0.4, 0.5) is 0 Å². The SMILES string of the molecule is COC1(Cc2c(C)c[nH]c2C)CCNCC1. The average molecular weight is 222 g/mol. The van der Waals surface area contributed by atoms with E-state index in [1.54, 1.807) is 0 Å². The molecular formula is C13H22N2O. The second-order valence-electron chi connectivity index (χ2n) is 4.89. The van der Waals surface area contributed by atoms with Gasteiger partial charge in [-0.25, -0.2) is 0 Å². The summed E-state index contributed by atoms with van der Waals surface area (Å²) >= 11 is 0. The van der Waals surface area contributed by atoms with Gasteiger partial charge in [-0.3, -0.25) is 0 Å². The summed E-state index contributed by atoms with van der Waals surface area (Å²) in [5.41, 5.74) is 4.12. The van der Waals surface area contributed by atoms with Crippen molar-refractivity contribution in [3.05, 3.63) is 23.0 Å². The maximum absolute atomic E-state index is 5.81. The van der Waals surface area contributed by atoms with Crippen LogP contribution < -0.4 is 5.32 Å². The number of piperidine rings is 1. The molecule has 16 heavy (non-hydrogen) atoms. The number of ether oxygens (including phenoxy) is 1. The van der Waals surface area contributed by atoms with Gasteiger partial charge in [0.25, 0.3) is 0 Å². The highest BCUT2D eigenvalue weighted by Crippen LogP contribution is 2.29. The van der Waals surface area contributed by atoms with Gasteiger partial charge < -0.3 is 15.0 Å². The normalized spacial score (nSPS) is 19.9. The lowest BCUT2D eigenvalue weighted by Crippen LogP contribution is -2.45. The number of rotatable bonds is 3. The molecule has 1 saturated heterocycles. The Kier molecular flexibility index (Phi) is 3.36. The van der Waals surface area contributed by atoms with Gasteiger partial charge in [0.1, 0.15) is 0 Å². The molecule has 0 unspecified atom stereocenters. The fraction of sp³-hybridized carbons (Fsp3) is 0.692. The lowest BCUT2D eigenvalue weighted by molar-refractivity contribution is -0.0335. The van der Waals surface area contributed by atoms with Crippen molar-refractivity contribution in [3.8, 4) is 0 Å². The summed E-state index contributed by atoms with van der Waals surface area (Å²) < 4.78 is 5.81. The van der Waals surface area contributed by atoms with Gasteiger partial charge in [0.2, 0.25) is 0 Å². The minimum atomic E-state index is 0.0446. The Morgan fingerprint density at radius 2 is 2.00 bits per heavy atom. The molecule has 0 spiro atoms. The Balaban J connectivity index is 2.17. The first-order valence-electron chi connectivity index (χ1n) is 6.06. The molecule has 1 aliphatic heterocycles. The number of aryl methyl sites for hydroxylation is 2. The Hall–Kier alpha value is -0.800. The van der Waals surface area contributed by atoms with Crippen LogP contribution in [0.1, 0.15) is 29.7 Å². The molecule has 0 bridgehead atoms. The maximum atomic E-state index is 5.81. The Morgan fingerprint density at radius 3 is 2.50 bits per heavy atom. The van der Waals surface area contributed by atoms with Gasteiger partial charge in [0, 0.05) is 25.4 Å². The van der Waals surface area contributed by atoms with E-state index in [2.05, 4.69) is 30.3 Å². The molecule has 0 aliphatic carbocycles. The van der Waals surface area contributed by atoms with Gasteiger partial charge in [-0.05, 0) is 50.9 Å². The van der Waals surface area contributed by atoms with Crippen molar-refractivity contribution < 1.29 is 4.74 Å². The first kappa shape index (κ1) is 11.7. The largest absolute Gasteiger partial charge is 0.378 e. The van der Waals surface area contributed by atoms with Crippen LogP contribution in [0.3, 0.4) is 0 Å². The van der Waals surface area contributed by atoms with Gasteiger partial charge >= 0.3 is 0 Å². The summed E-state index contributed by atoms with van der Waals surface area (Å²) in [4.78, 5) is 3.30. The van der Waals surface area contributed by atoms with Crippen LogP contribution in [0.25, 0.3) is 0 Å². The van der Waals surface area contributed by atoms with Crippen molar-refractivity contribution in [2.24, 2.45) is 0 Å². The molecule has 1 aromatic heterocycles. The second-order valence-corrected chi connectivity index (χ2v) is 4.89. The van der Waals surface area contributed by atoms with Gasteiger partial charge in [0.05, 0.1) is 5.60 Å². The lowest BCUT2D eigenvalue weighted by atomic mass is 9.85. The van der Waals surface area contributed by atoms with Gasteiger partial charge in [-0.1, -0.05) is 0 Å². The highest BCUT2D eigenvalue weighted by molar-refractivity contribution is 5.30. The average Bonchev–Trinajstić information content (AvgIpc) is 2.62. The number of hydrogen-bond donors (Lipinski definition) is 2. The molecule has 0 radical (unpaired) electrons. The summed E-state index contributed by atoms with van der Waals surface area (Å²) in [5, 5.41) is 3.39. The smallest absolute Gasteiger partial charge is 0.0743 e. The van der Waals surface area contributed by atoms with Crippen LogP contribution >= 0.6 is 0 Å². The summed E-state index contributed by atoms with van der Waals surface area (Å²) in [5.74, 6) is 0. The molecule has 2 N–H and O–H groups in total. The second kappa shape index (κ2) is 4.60. The van der Waals surface area contributed by atoms with Gasteiger partial charge in [-0.2, -0.15) is 0 Å². The molecule has 1 aromatic rings. The van der Waals surface area contributed by atoms with E-state index in [0.717, 1.165) is 32.4 Å². The van der Waals surface area contributed by atoms with Crippen molar-refractivity contribution in [3.63, 3.8) is 0 Å². The van der Waals surface area contributed by atoms with Crippen LogP contribution in [0.5, 0.6) is 0 Å². The van der Waals surface area contributed by atoms with Crippen molar-refractivity contribution in [1.82, 2.24) is 10.3 Å². The predicted molar refractivity (Wildman–Crippen MR) is 65.8 cm³/mol. The van der Waals surface area contributed by atoms with Crippen molar-refractivity contribution in [2.75, 3.05) is 20.2 Å². The zero-order valence-electron chi connectivity index (χ0n) is 10.5. The lowest BCUT2D eigenvalue weighted by Gasteiger charge is -2.36. The molecule has 2 heterocycles. The van der Waals surface area contributed by atoms with E-state index in [0.29, 0.717) is 0 Å². The molecule has 3 heteroatoms. The van der Waals surface area contributed by atoms with E-state index in [1.165, 1.54) is 16.8 Å². The molecule has 0 saturated carbocycles. The molecule has 0 amide bonds. The van der Waals surface area contributed by atoms with Crippen LogP contribution in [0.15, 0.2) is 6.20 Å². The van der Waals surface area contributed by atoms with Crippen LogP contribution in [0, 0.1) is 13.8 Å². The monoisotopic (exact) mass is 222 g/mol. The molecule has 2 rings (SSSR count). The fourth-order valence-electron chi connectivity index (χ4n) is 2.62. The van der Waals surface area contributed by atoms with E-state index in [4.69, 9.17) is 4.74 Å². The molecule has 0 atom stereocenters. The van der Waals surface area contributed by atoms with E-state index in [-0.39, 0.29) is 5.60 Å². The third-order valence-electron chi connectivity index (χ3n) is 3.88. The third-order valence-corrected chi connectivity index (χ3v) is 3.88. The summed E-state index contributed by atoms with van der Waals surface area (Å²) in [6.45, 7) is 6.45. The number of aromatic nitrogens is 1. The fourth-order valence-corrected chi connectivity index (χ4v) is 2.62. The van der Waals surface area contributed by atoms with Crippen LogP contribution in [0.2, 0.25) is 0 Å². The van der Waals surface area contributed by atoms with E-state index >= 15 is 0 Å². The van der Waals surface area contributed by atoms with Crippen molar-refractivity contribution in [2.45, 2.75) is 38.7 Å². The van der Waals surface area contributed by atoms with Gasteiger partial charge in [0.15, 0.2) is 0 Å². The van der Waals surface area contributed by atoms with Crippen LogP contribution in [-0.4, -0.2) is 30.8 Å². The quantitative estimate of drug-likeness (QED) is 0.820. The third kappa shape index (κ3) is 2.15. The molecule has 3 nitrogen and oxygen atoms in total. The number of methoxy groups -OCH3 is 1. The minimum Gasteiger partial charge on any atom is -0.378 e. The Labute approximate surface area is 97.6 Å². The number of H-pyrrole nitrogens is 1. The zero-order valence-corrected chi connectivity index (χ0v) is 10.5. The predicted octanol–water partition coefficient (Wildman–Crippen LogP) is 1.94. The number of aromatic amines is 1. The Bertz CT molecular complexity index is 331. The number of hydrogen-bond acceptors (Lipinski definition) is 2. The molecule has 1 fully saturated rings. The van der Waals surface area contributed by atoms with E-state index < -0.39 is 0 Å². The molecule has 1 aliphatic rings. The maximum Gasteiger partial charge on any atom is 0.0743 e. The Morgan fingerprint density at radius 1 is 1.31 bits per heavy atom. The highest BCUT2D eigenvalue weighted by atomic mass is 16.5. The number of nitrogens with one attached hydrogen (secondary N) is 2. The zero-order chi connectivity index (χ0) is 11.6. The van der Waals surface area contributed by atoms with Gasteiger partial charge in [-0.15, -0.1) is 0 Å². The van der Waals surface area contributed by atoms with E-state index in [1.807, 2.05) is 7.11 Å². The highest BCUT2D eigenvalue weighted by Gasteiger charge is 2.33. The topological polar surface area (TPSA) is 37.0 Å². The summed E-state index contributed by atoms with van der Waals surface area (Å²) in [6, 6.07) is 0. The van der Waals surface area contributed by atoms with Crippen molar-refractivity contribution >= 4 is 0 Å². The first-order valence-corrected chi connectivity index (χ1v) is 6.06. The molecule has 0 aromatic carbocycles. The molecule has 90 valence electrons. The summed E-state index contributed by atoms with van der Waals surface area (Å²) in [6.07, 6.45) is 5.34. The van der Waals surface area contributed by atoms with Crippen LogP contribution in [-0.2, 0) is 11.2 Å². The standard InChI is InChI=1S/C13H22N2O/c1-10-9-15-11(2)12(10)8-13(16-3)4-6-14-7-5-13/h9,14-15H,4-8H2,1-3H3. The van der Waals surface area contributed by atoms with Crippen molar-refractivity contribution in [1.29, 1.82) is 0 Å². The minimum absolute atomic E-state index is 0.0446. The first-order chi connectivity index (χ1) is 7.67. The summed E-state index contributed by atoms with van der Waals surface area (Å²) in [7, 11) is 1.85. The molecular weight excluding hydrogens is 200 g/mol. The van der Waals surface area contributed by atoms with E-state index in [9.17, 15) is 0 Å².